The van der Waals surface area contributed by atoms with Crippen molar-refractivity contribution in [1.29, 1.82) is 0 Å². The van der Waals surface area contributed by atoms with Gasteiger partial charge in [0.2, 0.25) is 21.8 Å². The zero-order chi connectivity index (χ0) is 28.7. The maximum Gasteiger partial charge on any atom is 0.244 e. The van der Waals surface area contributed by atoms with Crippen LogP contribution in [0.25, 0.3) is 0 Å². The lowest BCUT2D eigenvalue weighted by atomic mass is 10.1. The molecule has 0 aromatic heterocycles. The third-order valence-corrected chi connectivity index (χ3v) is 8.62. The molecular weight excluding hydrogens is 565 g/mol. The number of ether oxygens (including phenoxy) is 2. The van der Waals surface area contributed by atoms with Crippen LogP contribution in [0.3, 0.4) is 0 Å². The number of methoxy groups -OCH3 is 2. The zero-order valence-corrected chi connectivity index (χ0v) is 24.9. The standard InChI is InChI=1S/C27H35Cl2N3O6S/c1-5-23(27(34)30-19-8-6-7-9-19)31(16-18-10-12-21(28)22(29)14-18)26(33)17-32(39(4,35)36)24-15-20(37-2)11-13-25(24)38-3/h10-15,19,23H,5-9,16-17H2,1-4H3,(H,30,34)/t23-/m1/s1. The number of nitrogens with one attached hydrogen (secondary N) is 1. The number of rotatable bonds is 12. The summed E-state index contributed by atoms with van der Waals surface area (Å²) in [7, 11) is -1.09. The van der Waals surface area contributed by atoms with Gasteiger partial charge in [0.05, 0.1) is 36.2 Å². The van der Waals surface area contributed by atoms with E-state index in [9.17, 15) is 18.0 Å². The number of carbonyl (C=O) groups excluding carboxylic acids is 2. The van der Waals surface area contributed by atoms with Crippen LogP contribution in [0.4, 0.5) is 5.69 Å². The second-order valence-electron chi connectivity index (χ2n) is 9.49. The monoisotopic (exact) mass is 599 g/mol. The van der Waals surface area contributed by atoms with Gasteiger partial charge in [-0.2, -0.15) is 0 Å². The van der Waals surface area contributed by atoms with E-state index in [4.69, 9.17) is 32.7 Å². The van der Waals surface area contributed by atoms with Gasteiger partial charge in [-0.3, -0.25) is 13.9 Å². The van der Waals surface area contributed by atoms with E-state index in [-0.39, 0.29) is 29.9 Å². The van der Waals surface area contributed by atoms with E-state index in [1.165, 1.54) is 25.2 Å². The fraction of sp³-hybridized carbons (Fsp3) is 0.481. The van der Waals surface area contributed by atoms with Gasteiger partial charge < -0.3 is 19.7 Å². The van der Waals surface area contributed by atoms with Gasteiger partial charge in [0.1, 0.15) is 24.1 Å². The summed E-state index contributed by atoms with van der Waals surface area (Å²) in [4.78, 5) is 28.7. The highest BCUT2D eigenvalue weighted by Gasteiger charge is 2.34. The molecule has 0 saturated heterocycles. The van der Waals surface area contributed by atoms with Crippen LogP contribution in [0.5, 0.6) is 11.5 Å². The van der Waals surface area contributed by atoms with Crippen molar-refractivity contribution in [3.05, 3.63) is 52.0 Å². The summed E-state index contributed by atoms with van der Waals surface area (Å²) in [5.74, 6) is -0.203. The molecule has 12 heteroatoms. The Hall–Kier alpha value is -2.69. The molecule has 39 heavy (non-hydrogen) atoms. The lowest BCUT2D eigenvalue weighted by Gasteiger charge is -2.33. The maximum absolute atomic E-state index is 13.9. The largest absolute Gasteiger partial charge is 0.497 e. The number of benzene rings is 2. The van der Waals surface area contributed by atoms with E-state index >= 15 is 0 Å². The first-order chi connectivity index (χ1) is 18.5. The van der Waals surface area contributed by atoms with Gasteiger partial charge in [0.15, 0.2) is 0 Å². The van der Waals surface area contributed by atoms with Crippen molar-refractivity contribution < 1.29 is 27.5 Å². The van der Waals surface area contributed by atoms with Crippen LogP contribution in [0, 0.1) is 0 Å². The van der Waals surface area contributed by atoms with Crippen LogP contribution in [-0.2, 0) is 26.2 Å². The molecule has 1 atom stereocenters. The molecule has 2 amide bonds. The average Bonchev–Trinajstić information content (AvgIpc) is 3.41. The molecular formula is C27H35Cl2N3O6S. The fourth-order valence-corrected chi connectivity index (χ4v) is 5.87. The van der Waals surface area contributed by atoms with Crippen molar-refractivity contribution in [2.45, 2.75) is 57.7 Å². The van der Waals surface area contributed by atoms with Gasteiger partial charge in [-0.25, -0.2) is 8.42 Å². The molecule has 1 aliphatic carbocycles. The van der Waals surface area contributed by atoms with E-state index in [0.717, 1.165) is 36.2 Å². The summed E-state index contributed by atoms with van der Waals surface area (Å²) in [6.45, 7) is 1.28. The van der Waals surface area contributed by atoms with E-state index < -0.39 is 28.5 Å². The van der Waals surface area contributed by atoms with Crippen LogP contribution < -0.4 is 19.1 Å². The van der Waals surface area contributed by atoms with E-state index in [0.29, 0.717) is 27.8 Å². The summed E-state index contributed by atoms with van der Waals surface area (Å²) in [6.07, 6.45) is 5.19. The minimum absolute atomic E-state index is 0.0269. The molecule has 1 N–H and O–H groups in total. The van der Waals surface area contributed by atoms with E-state index in [1.807, 2.05) is 6.92 Å². The molecule has 214 valence electrons. The Bertz CT molecular complexity index is 1280. The number of amides is 2. The predicted molar refractivity (Wildman–Crippen MR) is 153 cm³/mol. The third-order valence-electron chi connectivity index (χ3n) is 6.76. The Balaban J connectivity index is 2.00. The van der Waals surface area contributed by atoms with Crippen LogP contribution in [0.15, 0.2) is 36.4 Å². The van der Waals surface area contributed by atoms with Gasteiger partial charge in [-0.1, -0.05) is 49.0 Å². The highest BCUT2D eigenvalue weighted by atomic mass is 35.5. The van der Waals surface area contributed by atoms with Crippen molar-refractivity contribution >= 4 is 50.7 Å². The minimum atomic E-state index is -3.95. The van der Waals surface area contributed by atoms with Crippen LogP contribution in [-0.4, -0.2) is 64.2 Å². The summed E-state index contributed by atoms with van der Waals surface area (Å²) >= 11 is 12.3. The Labute approximate surface area is 240 Å². The number of hydrogen-bond acceptors (Lipinski definition) is 6. The van der Waals surface area contributed by atoms with Crippen molar-refractivity contribution in [3.63, 3.8) is 0 Å². The molecule has 2 aromatic rings. The number of carbonyl (C=O) groups is 2. The van der Waals surface area contributed by atoms with E-state index in [2.05, 4.69) is 5.32 Å². The number of halogens is 2. The summed E-state index contributed by atoms with van der Waals surface area (Å²) in [5.41, 5.74) is 0.792. The Morgan fingerprint density at radius 2 is 1.74 bits per heavy atom. The Kier molecular flexibility index (Phi) is 10.7. The van der Waals surface area contributed by atoms with Gasteiger partial charge in [0, 0.05) is 18.7 Å². The lowest BCUT2D eigenvalue weighted by Crippen LogP contribution is -2.53. The maximum atomic E-state index is 13.9. The molecule has 0 aliphatic heterocycles. The highest BCUT2D eigenvalue weighted by Crippen LogP contribution is 2.34. The predicted octanol–water partition coefficient (Wildman–Crippen LogP) is 4.64. The molecule has 1 fully saturated rings. The molecule has 1 aliphatic rings. The number of anilines is 1. The van der Waals surface area contributed by atoms with Gasteiger partial charge in [-0.15, -0.1) is 0 Å². The SMILES string of the molecule is CC[C@H](C(=O)NC1CCCC1)N(Cc1ccc(Cl)c(Cl)c1)C(=O)CN(c1cc(OC)ccc1OC)S(C)(=O)=O. The lowest BCUT2D eigenvalue weighted by molar-refractivity contribution is -0.140. The average molecular weight is 601 g/mol. The first-order valence-electron chi connectivity index (χ1n) is 12.7. The zero-order valence-electron chi connectivity index (χ0n) is 22.6. The van der Waals surface area contributed by atoms with Crippen LogP contribution in [0.2, 0.25) is 10.0 Å². The molecule has 0 bridgehead atoms. The molecule has 0 heterocycles. The second-order valence-corrected chi connectivity index (χ2v) is 12.2. The van der Waals surface area contributed by atoms with Gasteiger partial charge >= 0.3 is 0 Å². The Morgan fingerprint density at radius 3 is 2.31 bits per heavy atom. The second kappa shape index (κ2) is 13.6. The van der Waals surface area contributed by atoms with Crippen LogP contribution >= 0.6 is 23.2 Å². The first kappa shape index (κ1) is 30.8. The van der Waals surface area contributed by atoms with Crippen molar-refractivity contribution in [1.82, 2.24) is 10.2 Å². The molecule has 0 radical (unpaired) electrons. The third kappa shape index (κ3) is 7.93. The summed E-state index contributed by atoms with van der Waals surface area (Å²) in [6, 6.07) is 8.87. The quantitative estimate of drug-likeness (QED) is 0.381. The van der Waals surface area contributed by atoms with Gasteiger partial charge in [-0.05, 0) is 49.1 Å². The highest BCUT2D eigenvalue weighted by molar-refractivity contribution is 7.92. The summed E-state index contributed by atoms with van der Waals surface area (Å²) < 4.78 is 37.5. The number of hydrogen-bond donors (Lipinski definition) is 1. The smallest absolute Gasteiger partial charge is 0.244 e. The van der Waals surface area contributed by atoms with E-state index in [1.54, 1.807) is 30.3 Å². The van der Waals surface area contributed by atoms with Crippen molar-refractivity contribution in [2.75, 3.05) is 31.3 Å². The van der Waals surface area contributed by atoms with Crippen molar-refractivity contribution in [3.8, 4) is 11.5 Å². The topological polar surface area (TPSA) is 105 Å². The van der Waals surface area contributed by atoms with Crippen LogP contribution in [0.1, 0.15) is 44.6 Å². The number of nitrogens with zero attached hydrogens (tertiary/aromatic N) is 2. The molecule has 2 aromatic carbocycles. The van der Waals surface area contributed by atoms with Crippen molar-refractivity contribution in [2.24, 2.45) is 0 Å². The Morgan fingerprint density at radius 1 is 1.05 bits per heavy atom. The fourth-order valence-electron chi connectivity index (χ4n) is 4.71. The number of sulfonamides is 1. The molecule has 3 rings (SSSR count). The molecule has 9 nitrogen and oxygen atoms in total. The molecule has 0 spiro atoms. The van der Waals surface area contributed by atoms with Gasteiger partial charge in [0.25, 0.3) is 0 Å². The molecule has 0 unspecified atom stereocenters. The normalized spacial score (nSPS) is 14.5. The first-order valence-corrected chi connectivity index (χ1v) is 15.3. The summed E-state index contributed by atoms with van der Waals surface area (Å²) in [5, 5.41) is 3.74. The molecule has 1 saturated carbocycles. The minimum Gasteiger partial charge on any atom is -0.497 e.